The minimum absolute atomic E-state index is 0.149. The number of hydrogen-bond acceptors (Lipinski definition) is 3. The molecule has 14 heavy (non-hydrogen) atoms. The Bertz CT molecular complexity index is 178. The Labute approximate surface area is 86.2 Å². The zero-order valence-electron chi connectivity index (χ0n) is 9.21. The normalized spacial score (nSPS) is 39.2. The highest BCUT2D eigenvalue weighted by molar-refractivity contribution is 4.86. The Morgan fingerprint density at radius 3 is 2.79 bits per heavy atom. The van der Waals surface area contributed by atoms with E-state index >= 15 is 0 Å². The topological polar surface area (TPSA) is 30.5 Å². The lowest BCUT2D eigenvalue weighted by Crippen LogP contribution is -2.59. The lowest BCUT2D eigenvalue weighted by Gasteiger charge is -2.44. The molecular weight excluding hydrogens is 178 g/mol. The molecule has 3 heteroatoms. The Balaban J connectivity index is 1.87. The standard InChI is InChI=1S/C11H21NO2/c1-9(2)10-6-12-11(14-7-10)4-3-5-13-8-11/h9-10,12H,3-8H2,1-2H3. The number of ether oxygens (including phenoxy) is 2. The smallest absolute Gasteiger partial charge is 0.142 e. The molecule has 0 aromatic rings. The Kier molecular flexibility index (Phi) is 3.10. The van der Waals surface area contributed by atoms with E-state index in [1.165, 1.54) is 0 Å². The van der Waals surface area contributed by atoms with Gasteiger partial charge in [0.15, 0.2) is 0 Å². The van der Waals surface area contributed by atoms with Crippen LogP contribution in [0.25, 0.3) is 0 Å². The maximum Gasteiger partial charge on any atom is 0.142 e. The van der Waals surface area contributed by atoms with Crippen LogP contribution in [0.4, 0.5) is 0 Å². The van der Waals surface area contributed by atoms with E-state index in [1.54, 1.807) is 0 Å². The van der Waals surface area contributed by atoms with Gasteiger partial charge < -0.3 is 9.47 Å². The van der Waals surface area contributed by atoms with Crippen molar-refractivity contribution in [3.63, 3.8) is 0 Å². The molecule has 3 nitrogen and oxygen atoms in total. The van der Waals surface area contributed by atoms with E-state index in [9.17, 15) is 0 Å². The van der Waals surface area contributed by atoms with Crippen molar-refractivity contribution in [2.45, 2.75) is 32.4 Å². The molecule has 0 radical (unpaired) electrons. The predicted molar refractivity (Wildman–Crippen MR) is 55.1 cm³/mol. The van der Waals surface area contributed by atoms with Crippen LogP contribution in [0.15, 0.2) is 0 Å². The van der Waals surface area contributed by atoms with E-state index in [1.807, 2.05) is 0 Å². The van der Waals surface area contributed by atoms with Crippen LogP contribution >= 0.6 is 0 Å². The summed E-state index contributed by atoms with van der Waals surface area (Å²) < 4.78 is 11.4. The molecular formula is C11H21NO2. The summed E-state index contributed by atoms with van der Waals surface area (Å²) in [5, 5.41) is 3.52. The average Bonchev–Trinajstić information content (AvgIpc) is 2.19. The highest BCUT2D eigenvalue weighted by Gasteiger charge is 2.38. The largest absolute Gasteiger partial charge is 0.377 e. The highest BCUT2D eigenvalue weighted by Crippen LogP contribution is 2.27. The van der Waals surface area contributed by atoms with Gasteiger partial charge in [-0.15, -0.1) is 0 Å². The SMILES string of the molecule is CC(C)C1CNC2(CCCOC2)OC1. The minimum Gasteiger partial charge on any atom is -0.377 e. The zero-order valence-corrected chi connectivity index (χ0v) is 9.21. The van der Waals surface area contributed by atoms with Crippen LogP contribution in [-0.4, -0.2) is 32.1 Å². The van der Waals surface area contributed by atoms with Crippen molar-refractivity contribution in [2.75, 3.05) is 26.4 Å². The molecule has 2 rings (SSSR count). The second-order valence-corrected chi connectivity index (χ2v) is 4.85. The van der Waals surface area contributed by atoms with Crippen molar-refractivity contribution in [3.8, 4) is 0 Å². The summed E-state index contributed by atoms with van der Waals surface area (Å²) in [6, 6.07) is 0. The lowest BCUT2D eigenvalue weighted by atomic mass is 9.93. The first kappa shape index (κ1) is 10.4. The van der Waals surface area contributed by atoms with E-state index in [4.69, 9.17) is 9.47 Å². The van der Waals surface area contributed by atoms with Crippen LogP contribution in [-0.2, 0) is 9.47 Å². The molecule has 2 fully saturated rings. The molecule has 0 bridgehead atoms. The fourth-order valence-corrected chi connectivity index (χ4v) is 2.14. The number of hydrogen-bond donors (Lipinski definition) is 1. The van der Waals surface area contributed by atoms with Crippen molar-refractivity contribution in [1.82, 2.24) is 5.32 Å². The van der Waals surface area contributed by atoms with E-state index in [2.05, 4.69) is 19.2 Å². The third-order valence-electron chi connectivity index (χ3n) is 3.41. The average molecular weight is 199 g/mol. The molecule has 2 saturated heterocycles. The van der Waals surface area contributed by atoms with Crippen molar-refractivity contribution >= 4 is 0 Å². The lowest BCUT2D eigenvalue weighted by molar-refractivity contribution is -0.180. The maximum absolute atomic E-state index is 5.94. The monoisotopic (exact) mass is 199 g/mol. The summed E-state index contributed by atoms with van der Waals surface area (Å²) in [7, 11) is 0. The highest BCUT2D eigenvalue weighted by atomic mass is 16.6. The molecule has 2 unspecified atom stereocenters. The molecule has 0 aromatic carbocycles. The second-order valence-electron chi connectivity index (χ2n) is 4.85. The van der Waals surface area contributed by atoms with Crippen LogP contribution in [0.2, 0.25) is 0 Å². The van der Waals surface area contributed by atoms with Gasteiger partial charge in [0.25, 0.3) is 0 Å². The van der Waals surface area contributed by atoms with E-state index in [0.29, 0.717) is 11.8 Å². The molecule has 2 atom stereocenters. The molecule has 0 saturated carbocycles. The van der Waals surface area contributed by atoms with Crippen LogP contribution in [0.1, 0.15) is 26.7 Å². The molecule has 2 aliphatic heterocycles. The van der Waals surface area contributed by atoms with Crippen LogP contribution < -0.4 is 5.32 Å². The molecule has 82 valence electrons. The molecule has 1 spiro atoms. The Hall–Kier alpha value is -0.120. The maximum atomic E-state index is 5.94. The molecule has 0 aliphatic carbocycles. The fourth-order valence-electron chi connectivity index (χ4n) is 2.14. The summed E-state index contributed by atoms with van der Waals surface area (Å²) in [6.07, 6.45) is 2.21. The van der Waals surface area contributed by atoms with Crippen molar-refractivity contribution in [3.05, 3.63) is 0 Å². The van der Waals surface area contributed by atoms with Gasteiger partial charge in [-0.05, 0) is 24.7 Å². The quantitative estimate of drug-likeness (QED) is 0.692. The summed E-state index contributed by atoms with van der Waals surface area (Å²) in [4.78, 5) is 0. The summed E-state index contributed by atoms with van der Waals surface area (Å²) in [6.45, 7) is 8.07. The van der Waals surface area contributed by atoms with Crippen LogP contribution in [0.3, 0.4) is 0 Å². The molecule has 2 heterocycles. The van der Waals surface area contributed by atoms with Gasteiger partial charge in [-0.2, -0.15) is 0 Å². The van der Waals surface area contributed by atoms with Gasteiger partial charge in [0.2, 0.25) is 0 Å². The van der Waals surface area contributed by atoms with Crippen LogP contribution in [0, 0.1) is 11.8 Å². The van der Waals surface area contributed by atoms with Crippen molar-refractivity contribution in [1.29, 1.82) is 0 Å². The molecule has 1 N–H and O–H groups in total. The van der Waals surface area contributed by atoms with Gasteiger partial charge in [-0.3, -0.25) is 5.32 Å². The van der Waals surface area contributed by atoms with Crippen LogP contribution in [0.5, 0.6) is 0 Å². The Morgan fingerprint density at radius 1 is 1.43 bits per heavy atom. The van der Waals surface area contributed by atoms with E-state index < -0.39 is 0 Å². The van der Waals surface area contributed by atoms with Gasteiger partial charge in [-0.25, -0.2) is 0 Å². The summed E-state index contributed by atoms with van der Waals surface area (Å²) >= 11 is 0. The fraction of sp³-hybridized carbons (Fsp3) is 1.00. The number of nitrogens with one attached hydrogen (secondary N) is 1. The third-order valence-corrected chi connectivity index (χ3v) is 3.41. The van der Waals surface area contributed by atoms with Gasteiger partial charge in [0.1, 0.15) is 5.72 Å². The first-order valence-corrected chi connectivity index (χ1v) is 5.69. The van der Waals surface area contributed by atoms with E-state index in [0.717, 1.165) is 39.2 Å². The summed E-state index contributed by atoms with van der Waals surface area (Å²) in [5.74, 6) is 1.35. The minimum atomic E-state index is -0.149. The van der Waals surface area contributed by atoms with Crippen molar-refractivity contribution < 1.29 is 9.47 Å². The second kappa shape index (κ2) is 4.17. The summed E-state index contributed by atoms with van der Waals surface area (Å²) in [5.41, 5.74) is -0.149. The van der Waals surface area contributed by atoms with Gasteiger partial charge in [0, 0.05) is 13.2 Å². The van der Waals surface area contributed by atoms with Gasteiger partial charge in [0.05, 0.1) is 13.2 Å². The third kappa shape index (κ3) is 2.10. The zero-order chi connectivity index (χ0) is 10.0. The molecule has 0 aromatic heterocycles. The van der Waals surface area contributed by atoms with Gasteiger partial charge in [-0.1, -0.05) is 13.8 Å². The predicted octanol–water partition coefficient (Wildman–Crippen LogP) is 1.39. The molecule has 0 amide bonds. The van der Waals surface area contributed by atoms with E-state index in [-0.39, 0.29) is 5.72 Å². The molecule has 2 aliphatic rings. The first-order chi connectivity index (χ1) is 6.72. The van der Waals surface area contributed by atoms with Gasteiger partial charge >= 0.3 is 0 Å². The number of rotatable bonds is 1. The first-order valence-electron chi connectivity index (χ1n) is 5.69. The van der Waals surface area contributed by atoms with Crippen molar-refractivity contribution in [2.24, 2.45) is 11.8 Å². The Morgan fingerprint density at radius 2 is 2.29 bits per heavy atom.